The fraction of sp³-hybridized carbons (Fsp3) is 0.697. The third-order valence-electron chi connectivity index (χ3n) is 7.79. The van der Waals surface area contributed by atoms with E-state index in [2.05, 4.69) is 32.4 Å². The molecule has 0 spiro atoms. The standard InChI is InChI=1S/C26H39N7O4.C5H10O2.C2H6/c1-16-13-33(10-9-26(16,15-28-5)21-12-17(2)37-32-21)25-20(14-36-19(4)34)29-23(18(3)27)24(31-25)30-22-8-6-7-11-35-22;1-5(2,3)7-4-6;1-2/h12,16,22,27-28H,6-11,13-15H2,1-5H3,(H,30,31);4H,1-3H3;1-2H3. The quantitative estimate of drug-likeness (QED) is 0.177. The Bertz CT molecular complexity index is 1270. The lowest BCUT2D eigenvalue weighted by atomic mass is 9.68. The smallest absolute Gasteiger partial charge is 0.303 e. The number of anilines is 2. The molecule has 0 bridgehead atoms. The van der Waals surface area contributed by atoms with Crippen molar-refractivity contribution in [2.45, 2.75) is 112 Å². The molecule has 2 aromatic rings. The van der Waals surface area contributed by atoms with E-state index >= 15 is 0 Å². The molecule has 258 valence electrons. The first-order valence-corrected chi connectivity index (χ1v) is 16.2. The summed E-state index contributed by atoms with van der Waals surface area (Å²) >= 11 is 0. The summed E-state index contributed by atoms with van der Waals surface area (Å²) in [5.41, 5.74) is 1.72. The van der Waals surface area contributed by atoms with Crippen LogP contribution in [0.2, 0.25) is 0 Å². The average Bonchev–Trinajstić information content (AvgIpc) is 3.45. The summed E-state index contributed by atoms with van der Waals surface area (Å²) in [5, 5.41) is 19.4. The maximum absolute atomic E-state index is 11.6. The van der Waals surface area contributed by atoms with Crippen LogP contribution in [0.5, 0.6) is 0 Å². The summed E-state index contributed by atoms with van der Waals surface area (Å²) in [4.78, 5) is 33.2. The van der Waals surface area contributed by atoms with Crippen molar-refractivity contribution in [1.82, 2.24) is 20.4 Å². The molecule has 2 saturated heterocycles. The molecule has 3 N–H and O–H groups in total. The van der Waals surface area contributed by atoms with Crippen molar-refractivity contribution in [2.75, 3.05) is 43.5 Å². The van der Waals surface area contributed by atoms with Crippen LogP contribution in [0.25, 0.3) is 0 Å². The summed E-state index contributed by atoms with van der Waals surface area (Å²) < 4.78 is 21.2. The van der Waals surface area contributed by atoms with E-state index in [9.17, 15) is 9.59 Å². The van der Waals surface area contributed by atoms with Gasteiger partial charge in [0.25, 0.3) is 6.47 Å². The van der Waals surface area contributed by atoms with Crippen molar-refractivity contribution in [3.63, 3.8) is 0 Å². The summed E-state index contributed by atoms with van der Waals surface area (Å²) in [7, 11) is 1.96. The summed E-state index contributed by atoms with van der Waals surface area (Å²) in [6.07, 6.45) is 3.63. The molecule has 3 atom stereocenters. The van der Waals surface area contributed by atoms with Gasteiger partial charge < -0.3 is 39.7 Å². The molecule has 46 heavy (non-hydrogen) atoms. The number of hydrogen-bond acceptors (Lipinski definition) is 13. The van der Waals surface area contributed by atoms with Crippen molar-refractivity contribution in [3.05, 3.63) is 28.9 Å². The van der Waals surface area contributed by atoms with Crippen LogP contribution in [0.1, 0.15) is 104 Å². The highest BCUT2D eigenvalue weighted by Crippen LogP contribution is 2.41. The number of likely N-dealkylation sites (N-methyl/N-ethyl adjacent to an activating group) is 1. The van der Waals surface area contributed by atoms with Gasteiger partial charge in [-0.05, 0) is 73.3 Å². The number of piperidine rings is 1. The second-order valence-corrected chi connectivity index (χ2v) is 12.5. The molecule has 2 aliphatic heterocycles. The maximum atomic E-state index is 11.6. The molecule has 0 aliphatic carbocycles. The monoisotopic (exact) mass is 645 g/mol. The Hall–Kier alpha value is -3.58. The molecule has 0 saturated carbocycles. The maximum Gasteiger partial charge on any atom is 0.303 e. The van der Waals surface area contributed by atoms with Crippen molar-refractivity contribution in [2.24, 2.45) is 5.92 Å². The van der Waals surface area contributed by atoms with Gasteiger partial charge in [-0.2, -0.15) is 0 Å². The minimum atomic E-state index is -0.389. The highest BCUT2D eigenvalue weighted by atomic mass is 16.5. The van der Waals surface area contributed by atoms with E-state index in [1.807, 2.05) is 54.7 Å². The zero-order valence-electron chi connectivity index (χ0n) is 29.4. The molecule has 13 heteroatoms. The van der Waals surface area contributed by atoms with Gasteiger partial charge in [-0.25, -0.2) is 9.97 Å². The van der Waals surface area contributed by atoms with E-state index in [1.54, 1.807) is 6.92 Å². The lowest BCUT2D eigenvalue weighted by Gasteiger charge is -2.46. The van der Waals surface area contributed by atoms with Gasteiger partial charge >= 0.3 is 5.97 Å². The molecule has 2 fully saturated rings. The van der Waals surface area contributed by atoms with Gasteiger partial charge in [0.1, 0.15) is 35.6 Å². The van der Waals surface area contributed by atoms with Gasteiger partial charge in [-0.15, -0.1) is 0 Å². The molecule has 0 aromatic carbocycles. The number of ether oxygens (including phenoxy) is 3. The minimum Gasteiger partial charge on any atom is -0.462 e. The Morgan fingerprint density at radius 1 is 1.24 bits per heavy atom. The topological polar surface area (TPSA) is 165 Å². The number of rotatable bonds is 10. The predicted octanol–water partition coefficient (Wildman–Crippen LogP) is 5.15. The van der Waals surface area contributed by atoms with E-state index in [0.29, 0.717) is 49.2 Å². The molecular weight excluding hydrogens is 590 g/mol. The van der Waals surface area contributed by atoms with Crippen molar-refractivity contribution in [3.8, 4) is 0 Å². The summed E-state index contributed by atoms with van der Waals surface area (Å²) in [5.74, 6) is 1.80. The van der Waals surface area contributed by atoms with Gasteiger partial charge in [0, 0.05) is 44.6 Å². The Kier molecular flexibility index (Phi) is 15.1. The molecule has 2 aliphatic rings. The van der Waals surface area contributed by atoms with E-state index in [-0.39, 0.29) is 41.4 Å². The molecule has 13 nitrogen and oxygen atoms in total. The van der Waals surface area contributed by atoms with Gasteiger partial charge in [0.2, 0.25) is 0 Å². The van der Waals surface area contributed by atoms with Gasteiger partial charge in [-0.1, -0.05) is 25.9 Å². The Labute approximate surface area is 274 Å². The molecule has 4 rings (SSSR count). The highest BCUT2D eigenvalue weighted by Gasteiger charge is 2.44. The van der Waals surface area contributed by atoms with E-state index in [0.717, 1.165) is 43.7 Å². The predicted molar refractivity (Wildman–Crippen MR) is 178 cm³/mol. The normalized spacial score (nSPS) is 21.1. The number of nitrogens with one attached hydrogen (secondary N) is 3. The van der Waals surface area contributed by atoms with Crippen LogP contribution < -0.4 is 15.5 Å². The third-order valence-corrected chi connectivity index (χ3v) is 7.79. The van der Waals surface area contributed by atoms with Gasteiger partial charge in [0.15, 0.2) is 11.6 Å². The Morgan fingerprint density at radius 2 is 1.96 bits per heavy atom. The number of esters is 1. The van der Waals surface area contributed by atoms with Crippen LogP contribution in [0, 0.1) is 18.3 Å². The zero-order chi connectivity index (χ0) is 34.5. The lowest BCUT2D eigenvalue weighted by Crippen LogP contribution is -2.54. The minimum absolute atomic E-state index is 0.00677. The molecule has 0 radical (unpaired) electrons. The Morgan fingerprint density at radius 3 is 2.43 bits per heavy atom. The first-order chi connectivity index (χ1) is 21.8. The second-order valence-electron chi connectivity index (χ2n) is 12.5. The van der Waals surface area contributed by atoms with Crippen molar-refractivity contribution >= 4 is 29.8 Å². The molecular formula is C33H55N7O6. The van der Waals surface area contributed by atoms with Gasteiger partial charge in [0.05, 0.1) is 11.4 Å². The van der Waals surface area contributed by atoms with Crippen molar-refractivity contribution < 1.29 is 28.3 Å². The lowest BCUT2D eigenvalue weighted by molar-refractivity contribution is -0.142. The van der Waals surface area contributed by atoms with Crippen LogP contribution in [0.3, 0.4) is 0 Å². The van der Waals surface area contributed by atoms with Crippen LogP contribution >= 0.6 is 0 Å². The van der Waals surface area contributed by atoms with Crippen LogP contribution in [0.15, 0.2) is 10.6 Å². The summed E-state index contributed by atoms with van der Waals surface area (Å²) in [6.45, 7) is 20.0. The van der Waals surface area contributed by atoms with Crippen LogP contribution in [-0.2, 0) is 35.8 Å². The zero-order valence-corrected chi connectivity index (χ0v) is 29.4. The third kappa shape index (κ3) is 10.8. The van der Waals surface area contributed by atoms with Crippen LogP contribution in [-0.4, -0.2) is 78.4 Å². The number of carbonyl (C=O) groups excluding carboxylic acids is 2. The molecule has 3 unspecified atom stereocenters. The van der Waals surface area contributed by atoms with Crippen molar-refractivity contribution in [1.29, 1.82) is 5.41 Å². The first-order valence-electron chi connectivity index (χ1n) is 16.2. The molecule has 2 aromatic heterocycles. The number of aromatic nitrogens is 3. The second kappa shape index (κ2) is 17.9. The fourth-order valence-corrected chi connectivity index (χ4v) is 5.51. The SMILES string of the molecule is CC.CC(C)(C)OC=O.CNCC1(c2cc(C)on2)CCN(c2nc(NC3CCCCO3)c(C(C)=N)nc2COC(C)=O)CC1C. The highest BCUT2D eigenvalue weighted by molar-refractivity contribution is 5.99. The Balaban J connectivity index is 0.000000724. The summed E-state index contributed by atoms with van der Waals surface area (Å²) in [6, 6.07) is 2.03. The number of aryl methyl sites for hydroxylation is 1. The van der Waals surface area contributed by atoms with Gasteiger partial charge in [-0.3, -0.25) is 9.59 Å². The van der Waals surface area contributed by atoms with E-state index < -0.39 is 0 Å². The van der Waals surface area contributed by atoms with Crippen LogP contribution in [0.4, 0.5) is 11.6 Å². The number of nitrogens with zero attached hydrogens (tertiary/aromatic N) is 4. The molecule has 0 amide bonds. The average molecular weight is 646 g/mol. The number of carbonyl (C=O) groups is 2. The molecule has 4 heterocycles. The fourth-order valence-electron chi connectivity index (χ4n) is 5.51. The number of hydrogen-bond donors (Lipinski definition) is 3. The van der Waals surface area contributed by atoms with E-state index in [4.69, 9.17) is 29.4 Å². The first kappa shape index (κ1) is 38.6. The van der Waals surface area contributed by atoms with E-state index in [1.165, 1.54) is 6.92 Å². The largest absolute Gasteiger partial charge is 0.462 e.